The van der Waals surface area contributed by atoms with Gasteiger partial charge in [0.1, 0.15) is 0 Å². The number of fused-ring (bicyclic) bond motifs is 2. The minimum atomic E-state index is 0.731. The second kappa shape index (κ2) is 3.37. The molecule has 2 aliphatic carbocycles. The van der Waals surface area contributed by atoms with E-state index in [-0.39, 0.29) is 0 Å². The molecule has 0 aromatic carbocycles. The third-order valence-electron chi connectivity index (χ3n) is 3.85. The normalized spacial score (nSPS) is 42.0. The molecule has 0 amide bonds. The Kier molecular flexibility index (Phi) is 2.40. The van der Waals surface area contributed by atoms with Gasteiger partial charge in [-0.1, -0.05) is 13.3 Å². The van der Waals surface area contributed by atoms with Crippen molar-refractivity contribution in [1.29, 1.82) is 0 Å². The molecule has 1 heteroatoms. The largest absolute Gasteiger partial charge is 0.311 e. The van der Waals surface area contributed by atoms with Crippen LogP contribution >= 0.6 is 0 Å². The van der Waals surface area contributed by atoms with Gasteiger partial charge in [0.25, 0.3) is 0 Å². The van der Waals surface area contributed by atoms with E-state index in [9.17, 15) is 0 Å². The summed E-state index contributed by atoms with van der Waals surface area (Å²) in [6, 6.07) is 1.60. The number of nitrogens with one attached hydrogen (secondary N) is 1. The van der Waals surface area contributed by atoms with Gasteiger partial charge in [-0.2, -0.15) is 0 Å². The lowest BCUT2D eigenvalue weighted by Crippen LogP contribution is -2.39. The Labute approximate surface area is 75.9 Å². The molecular weight excluding hydrogens is 146 g/mol. The topological polar surface area (TPSA) is 12.0 Å². The van der Waals surface area contributed by atoms with Gasteiger partial charge in [0.05, 0.1) is 0 Å². The molecule has 2 rings (SSSR count). The Morgan fingerprint density at radius 2 is 2.17 bits per heavy atom. The van der Waals surface area contributed by atoms with Crippen molar-refractivity contribution in [2.45, 2.75) is 58.0 Å². The lowest BCUT2D eigenvalue weighted by molar-refractivity contribution is 0.321. The second-order valence-corrected chi connectivity index (χ2v) is 4.76. The van der Waals surface area contributed by atoms with Crippen LogP contribution in [0.2, 0.25) is 0 Å². The first kappa shape index (κ1) is 8.55. The summed E-state index contributed by atoms with van der Waals surface area (Å²) in [5.41, 5.74) is 0. The van der Waals surface area contributed by atoms with Crippen LogP contribution in [0.4, 0.5) is 0 Å². The first-order chi connectivity index (χ1) is 5.79. The smallest absolute Gasteiger partial charge is 0.0100 e. The summed E-state index contributed by atoms with van der Waals surface area (Å²) in [4.78, 5) is 0. The molecule has 0 heterocycles. The zero-order valence-electron chi connectivity index (χ0n) is 8.34. The fourth-order valence-corrected chi connectivity index (χ4v) is 2.93. The van der Waals surface area contributed by atoms with E-state index in [0.29, 0.717) is 0 Å². The molecule has 0 aromatic rings. The zero-order chi connectivity index (χ0) is 8.55. The molecule has 0 unspecified atom stereocenters. The highest BCUT2D eigenvalue weighted by molar-refractivity contribution is 4.94. The fourth-order valence-electron chi connectivity index (χ4n) is 2.93. The lowest BCUT2D eigenvalue weighted by atomic mass is 9.94. The zero-order valence-corrected chi connectivity index (χ0v) is 8.34. The minimum absolute atomic E-state index is 0.731. The summed E-state index contributed by atoms with van der Waals surface area (Å²) >= 11 is 0. The Balaban J connectivity index is 1.82. The van der Waals surface area contributed by atoms with E-state index in [2.05, 4.69) is 19.2 Å². The van der Waals surface area contributed by atoms with Crippen molar-refractivity contribution in [2.75, 3.05) is 0 Å². The molecule has 0 radical (unpaired) electrons. The highest BCUT2D eigenvalue weighted by Crippen LogP contribution is 2.44. The van der Waals surface area contributed by atoms with Crippen LogP contribution in [0.5, 0.6) is 0 Å². The van der Waals surface area contributed by atoms with Crippen LogP contribution in [0.3, 0.4) is 0 Å². The summed E-state index contributed by atoms with van der Waals surface area (Å²) < 4.78 is 0. The van der Waals surface area contributed by atoms with Crippen molar-refractivity contribution in [3.63, 3.8) is 0 Å². The summed E-state index contributed by atoms with van der Waals surface area (Å²) in [7, 11) is 0. The van der Waals surface area contributed by atoms with Crippen LogP contribution < -0.4 is 5.32 Å². The van der Waals surface area contributed by atoms with Crippen molar-refractivity contribution < 1.29 is 0 Å². The molecule has 2 saturated carbocycles. The summed E-state index contributed by atoms with van der Waals surface area (Å²) in [5.74, 6) is 2.11. The lowest BCUT2D eigenvalue weighted by Gasteiger charge is -2.26. The van der Waals surface area contributed by atoms with Gasteiger partial charge in [0.2, 0.25) is 0 Å². The SMILES string of the molecule is CC[C@H](C)N[C@H]1C[C@H]2CC[C@H]1C2. The maximum absolute atomic E-state index is 3.76. The van der Waals surface area contributed by atoms with Crippen LogP contribution in [0.1, 0.15) is 46.0 Å². The average Bonchev–Trinajstić information content (AvgIpc) is 2.64. The fraction of sp³-hybridized carbons (Fsp3) is 1.00. The van der Waals surface area contributed by atoms with E-state index >= 15 is 0 Å². The molecule has 0 saturated heterocycles. The van der Waals surface area contributed by atoms with Gasteiger partial charge in [-0.05, 0) is 44.4 Å². The minimum Gasteiger partial charge on any atom is -0.311 e. The molecule has 4 atom stereocenters. The first-order valence-electron chi connectivity index (χ1n) is 5.55. The molecule has 2 fully saturated rings. The van der Waals surface area contributed by atoms with Gasteiger partial charge in [0.15, 0.2) is 0 Å². The molecule has 0 aliphatic heterocycles. The molecule has 12 heavy (non-hydrogen) atoms. The van der Waals surface area contributed by atoms with Crippen molar-refractivity contribution in [3.8, 4) is 0 Å². The van der Waals surface area contributed by atoms with Gasteiger partial charge in [-0.15, -0.1) is 0 Å². The molecule has 0 spiro atoms. The van der Waals surface area contributed by atoms with Crippen LogP contribution in [0.25, 0.3) is 0 Å². The van der Waals surface area contributed by atoms with Gasteiger partial charge in [-0.3, -0.25) is 0 Å². The summed E-state index contributed by atoms with van der Waals surface area (Å²) in [6.45, 7) is 4.58. The first-order valence-corrected chi connectivity index (χ1v) is 5.55. The Hall–Kier alpha value is -0.0400. The second-order valence-electron chi connectivity index (χ2n) is 4.76. The van der Waals surface area contributed by atoms with Gasteiger partial charge in [-0.25, -0.2) is 0 Å². The highest BCUT2D eigenvalue weighted by Gasteiger charge is 2.39. The standard InChI is InChI=1S/C11H21N/c1-3-8(2)12-11-7-9-4-5-10(11)6-9/h8-12H,3-7H2,1-2H3/t8-,9-,10-,11-/m0/s1. The summed E-state index contributed by atoms with van der Waals surface area (Å²) in [5, 5.41) is 3.76. The Morgan fingerprint density at radius 3 is 2.67 bits per heavy atom. The predicted molar refractivity (Wildman–Crippen MR) is 52.1 cm³/mol. The monoisotopic (exact) mass is 167 g/mol. The van der Waals surface area contributed by atoms with Crippen molar-refractivity contribution in [3.05, 3.63) is 0 Å². The van der Waals surface area contributed by atoms with Crippen LogP contribution in [-0.2, 0) is 0 Å². The summed E-state index contributed by atoms with van der Waals surface area (Å²) in [6.07, 6.45) is 7.28. The maximum atomic E-state index is 3.76. The molecule has 2 bridgehead atoms. The maximum Gasteiger partial charge on any atom is 0.0100 e. The number of rotatable bonds is 3. The van der Waals surface area contributed by atoms with E-state index in [0.717, 1.165) is 23.9 Å². The number of hydrogen-bond donors (Lipinski definition) is 1. The molecule has 70 valence electrons. The van der Waals surface area contributed by atoms with Gasteiger partial charge < -0.3 is 5.32 Å². The van der Waals surface area contributed by atoms with Crippen molar-refractivity contribution >= 4 is 0 Å². The van der Waals surface area contributed by atoms with E-state index in [1.54, 1.807) is 0 Å². The van der Waals surface area contributed by atoms with Crippen molar-refractivity contribution in [2.24, 2.45) is 11.8 Å². The van der Waals surface area contributed by atoms with Crippen LogP contribution in [0, 0.1) is 11.8 Å². The third-order valence-corrected chi connectivity index (χ3v) is 3.85. The number of hydrogen-bond acceptors (Lipinski definition) is 1. The molecule has 1 N–H and O–H groups in total. The van der Waals surface area contributed by atoms with E-state index < -0.39 is 0 Å². The Bertz CT molecular complexity index is 155. The average molecular weight is 167 g/mol. The van der Waals surface area contributed by atoms with E-state index in [4.69, 9.17) is 0 Å². The quantitative estimate of drug-likeness (QED) is 0.681. The highest BCUT2D eigenvalue weighted by atomic mass is 15.0. The Morgan fingerprint density at radius 1 is 1.33 bits per heavy atom. The van der Waals surface area contributed by atoms with Gasteiger partial charge >= 0.3 is 0 Å². The van der Waals surface area contributed by atoms with E-state index in [1.165, 1.54) is 32.1 Å². The van der Waals surface area contributed by atoms with Crippen molar-refractivity contribution in [1.82, 2.24) is 5.32 Å². The third kappa shape index (κ3) is 1.52. The van der Waals surface area contributed by atoms with E-state index in [1.807, 2.05) is 0 Å². The predicted octanol–water partition coefficient (Wildman–Crippen LogP) is 2.56. The molecule has 0 aromatic heterocycles. The molecule has 2 aliphatic rings. The van der Waals surface area contributed by atoms with Gasteiger partial charge in [0, 0.05) is 12.1 Å². The molecule has 1 nitrogen and oxygen atoms in total. The van der Waals surface area contributed by atoms with Crippen LogP contribution in [-0.4, -0.2) is 12.1 Å². The molecular formula is C11H21N. The van der Waals surface area contributed by atoms with Crippen LogP contribution in [0.15, 0.2) is 0 Å².